The van der Waals surface area contributed by atoms with Gasteiger partial charge in [-0.2, -0.15) is 5.10 Å². The molecule has 0 aliphatic rings. The lowest BCUT2D eigenvalue weighted by molar-refractivity contribution is -0.118. The van der Waals surface area contributed by atoms with E-state index in [9.17, 15) is 4.79 Å². The van der Waals surface area contributed by atoms with Gasteiger partial charge in [0.25, 0.3) is 5.91 Å². The number of amides is 1. The zero-order valence-corrected chi connectivity index (χ0v) is 22.6. The first-order chi connectivity index (χ1) is 17.2. The number of hydrazone groups is 1. The molecule has 0 spiro atoms. The van der Waals surface area contributed by atoms with E-state index in [-0.39, 0.29) is 17.1 Å². The van der Waals surface area contributed by atoms with E-state index in [1.165, 1.54) is 37.8 Å². The largest absolute Gasteiger partial charge is 0.493 e. The van der Waals surface area contributed by atoms with Gasteiger partial charge in [0.15, 0.2) is 22.5 Å². The van der Waals surface area contributed by atoms with Crippen molar-refractivity contribution in [3.8, 4) is 28.6 Å². The van der Waals surface area contributed by atoms with Crippen LogP contribution in [0.4, 0.5) is 0 Å². The second-order valence-electron chi connectivity index (χ2n) is 8.88. The molecule has 0 radical (unpaired) electrons. The highest BCUT2D eigenvalue weighted by molar-refractivity contribution is 7.99. The van der Waals surface area contributed by atoms with Crippen LogP contribution in [0, 0.1) is 0 Å². The number of rotatable bonds is 10. The molecular weight excluding hydrogens is 478 g/mol. The highest BCUT2D eigenvalue weighted by Gasteiger charge is 2.18. The highest BCUT2D eigenvalue weighted by Crippen LogP contribution is 2.39. The molecule has 1 N–H and O–H groups in total. The van der Waals surface area contributed by atoms with Crippen LogP contribution in [0.15, 0.2) is 46.7 Å². The highest BCUT2D eigenvalue weighted by atomic mass is 32.2. The molecule has 0 bridgehead atoms. The van der Waals surface area contributed by atoms with Crippen molar-refractivity contribution in [1.82, 2.24) is 20.2 Å². The van der Waals surface area contributed by atoms with Gasteiger partial charge < -0.3 is 18.8 Å². The number of thioether (sulfide) groups is 1. The lowest BCUT2D eigenvalue weighted by atomic mass is 9.87. The first-order valence-corrected chi connectivity index (χ1v) is 12.5. The Morgan fingerprint density at radius 1 is 1.03 bits per heavy atom. The average Bonchev–Trinajstić information content (AvgIpc) is 3.29. The maximum Gasteiger partial charge on any atom is 0.250 e. The first kappa shape index (κ1) is 27.1. The van der Waals surface area contributed by atoms with Crippen molar-refractivity contribution in [2.45, 2.75) is 44.8 Å². The number of carbonyl (C=O) groups is 1. The molecule has 3 aromatic rings. The van der Waals surface area contributed by atoms with Crippen molar-refractivity contribution >= 4 is 23.9 Å². The standard InChI is InChI=1S/C26H33N5O4S/c1-8-31-24(17-9-12-19(13-10-17)26(2,3)4)29-30-25(31)36-16-21(32)28-27-15-18-11-14-20(33-5)23(35-7)22(18)34-6/h9-15H,8,16H2,1-7H3,(H,28,32)/b27-15+. The van der Waals surface area contributed by atoms with Crippen LogP contribution in [0.3, 0.4) is 0 Å². The monoisotopic (exact) mass is 511 g/mol. The molecule has 1 heterocycles. The minimum atomic E-state index is -0.266. The number of hydrogen-bond acceptors (Lipinski definition) is 8. The van der Waals surface area contributed by atoms with E-state index in [1.54, 1.807) is 19.2 Å². The summed E-state index contributed by atoms with van der Waals surface area (Å²) in [5.74, 6) is 2.10. The molecule has 10 heteroatoms. The molecule has 1 aromatic heterocycles. The van der Waals surface area contributed by atoms with Gasteiger partial charge in [0.05, 0.1) is 33.3 Å². The Morgan fingerprint density at radius 2 is 1.72 bits per heavy atom. The molecule has 0 atom stereocenters. The van der Waals surface area contributed by atoms with Crippen molar-refractivity contribution in [2.75, 3.05) is 27.1 Å². The van der Waals surface area contributed by atoms with Gasteiger partial charge in [-0.3, -0.25) is 4.79 Å². The van der Waals surface area contributed by atoms with Crippen LogP contribution in [-0.4, -0.2) is 54.0 Å². The summed E-state index contributed by atoms with van der Waals surface area (Å²) < 4.78 is 18.1. The number of ether oxygens (including phenoxy) is 3. The molecule has 9 nitrogen and oxygen atoms in total. The van der Waals surface area contributed by atoms with E-state index < -0.39 is 0 Å². The molecule has 0 saturated heterocycles. The SMILES string of the molecule is CCn1c(SCC(=O)N/N=C/c2ccc(OC)c(OC)c2OC)nnc1-c1ccc(C(C)(C)C)cc1. The fourth-order valence-corrected chi connectivity index (χ4v) is 4.37. The lowest BCUT2D eigenvalue weighted by Gasteiger charge is -2.19. The van der Waals surface area contributed by atoms with E-state index in [0.29, 0.717) is 34.5 Å². The second kappa shape index (κ2) is 11.9. The maximum absolute atomic E-state index is 12.4. The van der Waals surface area contributed by atoms with Crippen molar-refractivity contribution in [3.63, 3.8) is 0 Å². The van der Waals surface area contributed by atoms with Crippen LogP contribution in [0.1, 0.15) is 38.8 Å². The molecule has 192 valence electrons. The number of hydrogen-bond donors (Lipinski definition) is 1. The Labute approximate surface area is 216 Å². The molecule has 3 rings (SSSR count). The van der Waals surface area contributed by atoms with Gasteiger partial charge in [0, 0.05) is 17.7 Å². The van der Waals surface area contributed by atoms with Crippen LogP contribution in [0.2, 0.25) is 0 Å². The summed E-state index contributed by atoms with van der Waals surface area (Å²) in [6.07, 6.45) is 1.50. The van der Waals surface area contributed by atoms with Gasteiger partial charge in [0.1, 0.15) is 0 Å². The average molecular weight is 512 g/mol. The van der Waals surface area contributed by atoms with Gasteiger partial charge in [0.2, 0.25) is 5.75 Å². The third-order valence-electron chi connectivity index (χ3n) is 5.50. The molecule has 1 amide bonds. The van der Waals surface area contributed by atoms with Crippen molar-refractivity contribution in [1.29, 1.82) is 0 Å². The predicted octanol–water partition coefficient (Wildman–Crippen LogP) is 4.53. The number of methoxy groups -OCH3 is 3. The van der Waals surface area contributed by atoms with Crippen LogP contribution in [0.5, 0.6) is 17.2 Å². The van der Waals surface area contributed by atoms with Gasteiger partial charge in [-0.15, -0.1) is 10.2 Å². The maximum atomic E-state index is 12.4. The minimum Gasteiger partial charge on any atom is -0.493 e. The number of aromatic nitrogens is 3. The van der Waals surface area contributed by atoms with E-state index in [1.807, 2.05) is 11.5 Å². The molecule has 0 saturated carbocycles. The Hall–Kier alpha value is -3.53. The fraction of sp³-hybridized carbons (Fsp3) is 0.385. The van der Waals surface area contributed by atoms with Gasteiger partial charge >= 0.3 is 0 Å². The summed E-state index contributed by atoms with van der Waals surface area (Å²) in [6, 6.07) is 11.9. The zero-order valence-electron chi connectivity index (χ0n) is 21.8. The summed E-state index contributed by atoms with van der Waals surface area (Å²) >= 11 is 1.31. The molecule has 0 aliphatic heterocycles. The lowest BCUT2D eigenvalue weighted by Crippen LogP contribution is -2.20. The van der Waals surface area contributed by atoms with Crippen molar-refractivity contribution in [2.24, 2.45) is 5.10 Å². The van der Waals surface area contributed by atoms with Crippen molar-refractivity contribution in [3.05, 3.63) is 47.5 Å². The van der Waals surface area contributed by atoms with Crippen LogP contribution in [0.25, 0.3) is 11.4 Å². The van der Waals surface area contributed by atoms with Crippen LogP contribution >= 0.6 is 11.8 Å². The summed E-state index contributed by atoms with van der Waals surface area (Å²) in [4.78, 5) is 12.4. The summed E-state index contributed by atoms with van der Waals surface area (Å²) in [5.41, 5.74) is 5.50. The number of nitrogens with zero attached hydrogens (tertiary/aromatic N) is 4. The molecular formula is C26H33N5O4S. The Bertz CT molecular complexity index is 1220. The number of carbonyl (C=O) groups excluding carboxylic acids is 1. The summed E-state index contributed by atoms with van der Waals surface area (Å²) in [7, 11) is 4.61. The fourth-order valence-electron chi connectivity index (χ4n) is 3.58. The third kappa shape index (κ3) is 6.17. The van der Waals surface area contributed by atoms with Crippen LogP contribution in [-0.2, 0) is 16.8 Å². The minimum absolute atomic E-state index is 0.0817. The van der Waals surface area contributed by atoms with E-state index in [4.69, 9.17) is 14.2 Å². The molecule has 2 aromatic carbocycles. The normalized spacial score (nSPS) is 11.5. The van der Waals surface area contributed by atoms with Crippen LogP contribution < -0.4 is 19.6 Å². The Balaban J connectivity index is 1.65. The predicted molar refractivity (Wildman–Crippen MR) is 142 cm³/mol. The summed E-state index contributed by atoms with van der Waals surface area (Å²) in [5, 5.41) is 13.4. The molecule has 0 aliphatic carbocycles. The quantitative estimate of drug-likeness (QED) is 0.242. The Kier molecular flexibility index (Phi) is 8.98. The molecule has 0 unspecified atom stereocenters. The van der Waals surface area contributed by atoms with Gasteiger partial charge in [-0.05, 0) is 30.0 Å². The van der Waals surface area contributed by atoms with E-state index >= 15 is 0 Å². The zero-order chi connectivity index (χ0) is 26.3. The molecule has 0 fully saturated rings. The van der Waals surface area contributed by atoms with Gasteiger partial charge in [-0.25, -0.2) is 5.43 Å². The van der Waals surface area contributed by atoms with E-state index in [2.05, 4.69) is 65.8 Å². The van der Waals surface area contributed by atoms with Crippen molar-refractivity contribution < 1.29 is 19.0 Å². The van der Waals surface area contributed by atoms with E-state index in [0.717, 1.165) is 11.4 Å². The number of benzene rings is 2. The second-order valence-corrected chi connectivity index (χ2v) is 9.83. The third-order valence-corrected chi connectivity index (χ3v) is 6.47. The smallest absolute Gasteiger partial charge is 0.250 e. The first-order valence-electron chi connectivity index (χ1n) is 11.5. The Morgan fingerprint density at radius 3 is 2.31 bits per heavy atom. The van der Waals surface area contributed by atoms with Gasteiger partial charge in [-0.1, -0.05) is 56.8 Å². The number of nitrogens with one attached hydrogen (secondary N) is 1. The topological polar surface area (TPSA) is 99.9 Å². The summed E-state index contributed by atoms with van der Waals surface area (Å²) in [6.45, 7) is 9.27. The molecule has 36 heavy (non-hydrogen) atoms.